The fourth-order valence-corrected chi connectivity index (χ4v) is 2.27. The summed E-state index contributed by atoms with van der Waals surface area (Å²) in [5.41, 5.74) is 6.14. The van der Waals surface area contributed by atoms with Crippen LogP contribution in [0.5, 0.6) is 11.5 Å². The van der Waals surface area contributed by atoms with Crippen LogP contribution in [0.4, 0.5) is 0 Å². The number of ether oxygens (including phenoxy) is 2. The third-order valence-electron chi connectivity index (χ3n) is 3.45. The van der Waals surface area contributed by atoms with Gasteiger partial charge in [0.05, 0.1) is 6.26 Å². The quantitative estimate of drug-likeness (QED) is 0.191. The molecule has 3 aromatic rings. The molecule has 9 heteroatoms. The van der Waals surface area contributed by atoms with Crippen molar-refractivity contribution in [1.29, 1.82) is 5.41 Å². The average Bonchev–Trinajstić information content (AvgIpc) is 2.65. The van der Waals surface area contributed by atoms with Crippen LogP contribution >= 0.6 is 0 Å². The number of nitrogens with one attached hydrogen (secondary N) is 1. The van der Waals surface area contributed by atoms with Gasteiger partial charge in [0.2, 0.25) is 0 Å². The number of hydrogen-bond donors (Lipinski definition) is 3. The van der Waals surface area contributed by atoms with Crippen molar-refractivity contribution in [1.82, 2.24) is 0 Å². The molecule has 4 N–H and O–H groups in total. The number of fused-ring (bicyclic) bond motifs is 1. The molecule has 0 saturated carbocycles. The first-order valence-electron chi connectivity index (χ1n) is 8.31. The van der Waals surface area contributed by atoms with E-state index in [-0.39, 0.29) is 12.4 Å². The van der Waals surface area contributed by atoms with Gasteiger partial charge in [-0.15, -0.1) is 0 Å². The van der Waals surface area contributed by atoms with Crippen molar-refractivity contribution in [2.45, 2.75) is 0 Å². The van der Waals surface area contributed by atoms with Gasteiger partial charge in [0.15, 0.2) is 6.61 Å². The third kappa shape index (κ3) is 7.99. The molecule has 0 aliphatic rings. The maximum absolute atomic E-state index is 11.9. The second-order valence-electron chi connectivity index (χ2n) is 5.95. The molecule has 8 nitrogen and oxygen atoms in total. The van der Waals surface area contributed by atoms with Gasteiger partial charge in [-0.1, -0.05) is 36.4 Å². The van der Waals surface area contributed by atoms with Crippen LogP contribution in [0.1, 0.15) is 5.56 Å². The summed E-state index contributed by atoms with van der Waals surface area (Å²) in [7, 11) is -3.67. The van der Waals surface area contributed by atoms with Crippen LogP contribution in [0.3, 0.4) is 0 Å². The summed E-state index contributed by atoms with van der Waals surface area (Å²) in [5, 5.41) is 9.27. The first kappa shape index (κ1) is 21.9. The molecule has 0 unspecified atom stereocenters. The van der Waals surface area contributed by atoms with E-state index in [4.69, 9.17) is 25.2 Å². The second kappa shape index (κ2) is 9.67. The van der Waals surface area contributed by atoms with Crippen LogP contribution in [-0.4, -0.2) is 37.6 Å². The van der Waals surface area contributed by atoms with Gasteiger partial charge in [-0.25, -0.2) is 4.79 Å². The Balaban J connectivity index is 0.000000537. The lowest BCUT2D eigenvalue weighted by Gasteiger charge is -2.08. The Morgan fingerprint density at radius 2 is 1.59 bits per heavy atom. The van der Waals surface area contributed by atoms with Crippen molar-refractivity contribution in [3.8, 4) is 11.5 Å². The van der Waals surface area contributed by atoms with Gasteiger partial charge in [-0.2, -0.15) is 8.42 Å². The summed E-state index contributed by atoms with van der Waals surface area (Å²) in [6.07, 6.45) is 0.715. The van der Waals surface area contributed by atoms with Crippen LogP contribution in [0.2, 0.25) is 0 Å². The first-order valence-corrected chi connectivity index (χ1v) is 10.2. The first-order chi connectivity index (χ1) is 13.6. The number of benzene rings is 3. The molecule has 0 aliphatic carbocycles. The number of carbonyl (C=O) groups excluding carboxylic acids is 1. The van der Waals surface area contributed by atoms with E-state index in [9.17, 15) is 13.2 Å². The zero-order chi connectivity index (χ0) is 21.4. The number of amidine groups is 1. The van der Waals surface area contributed by atoms with E-state index in [1.54, 1.807) is 30.3 Å². The summed E-state index contributed by atoms with van der Waals surface area (Å²) in [5.74, 6) is 0.605. The minimum absolute atomic E-state index is 0.0189. The normalized spacial score (nSPS) is 10.6. The summed E-state index contributed by atoms with van der Waals surface area (Å²) in [6, 6.07) is 19.8. The average molecular weight is 416 g/mol. The topological polar surface area (TPSA) is 140 Å². The van der Waals surface area contributed by atoms with Gasteiger partial charge >= 0.3 is 5.97 Å². The fourth-order valence-electron chi connectivity index (χ4n) is 2.27. The molecule has 0 atom stereocenters. The van der Waals surface area contributed by atoms with Crippen LogP contribution in [0.15, 0.2) is 66.7 Å². The summed E-state index contributed by atoms with van der Waals surface area (Å²) in [6.45, 7) is -0.161. The predicted molar refractivity (Wildman–Crippen MR) is 110 cm³/mol. The van der Waals surface area contributed by atoms with Crippen molar-refractivity contribution in [3.05, 3.63) is 72.3 Å². The Morgan fingerprint density at radius 3 is 2.21 bits per heavy atom. The minimum Gasteiger partial charge on any atom is -0.482 e. The lowest BCUT2D eigenvalue weighted by atomic mass is 10.1. The summed E-state index contributed by atoms with van der Waals surface area (Å²) in [4.78, 5) is 11.9. The van der Waals surface area contributed by atoms with E-state index < -0.39 is 16.1 Å². The maximum atomic E-state index is 11.9. The van der Waals surface area contributed by atoms with E-state index in [0.717, 1.165) is 10.8 Å². The maximum Gasteiger partial charge on any atom is 0.349 e. The molecule has 152 valence electrons. The molecule has 0 aromatic heterocycles. The Labute approximate surface area is 168 Å². The molecule has 0 radical (unpaired) electrons. The largest absolute Gasteiger partial charge is 0.482 e. The molecule has 0 aliphatic heterocycles. The fraction of sp³-hybridized carbons (Fsp3) is 0.100. The molecule has 3 rings (SSSR count). The second-order valence-corrected chi connectivity index (χ2v) is 7.41. The van der Waals surface area contributed by atoms with Crippen molar-refractivity contribution in [3.63, 3.8) is 0 Å². The van der Waals surface area contributed by atoms with Gasteiger partial charge < -0.3 is 15.2 Å². The Morgan fingerprint density at radius 1 is 1.00 bits per heavy atom. The van der Waals surface area contributed by atoms with E-state index in [0.29, 0.717) is 23.3 Å². The SMILES string of the molecule is CS(=O)(=O)O.N=C(N)c1ccc2cc(OC(=O)COc3ccccc3)ccc2c1. The van der Waals surface area contributed by atoms with Crippen molar-refractivity contribution in [2.75, 3.05) is 12.9 Å². The third-order valence-corrected chi connectivity index (χ3v) is 3.45. The summed E-state index contributed by atoms with van der Waals surface area (Å²) < 4.78 is 36.5. The highest BCUT2D eigenvalue weighted by Gasteiger charge is 2.07. The Bertz CT molecular complexity index is 1110. The smallest absolute Gasteiger partial charge is 0.349 e. The molecule has 0 spiro atoms. The number of para-hydroxylation sites is 1. The van der Waals surface area contributed by atoms with Gasteiger partial charge in [0.25, 0.3) is 10.1 Å². The van der Waals surface area contributed by atoms with Crippen LogP contribution in [-0.2, 0) is 14.9 Å². The molecular formula is C20H20N2O6S. The Kier molecular flexibility index (Phi) is 7.29. The zero-order valence-corrected chi connectivity index (χ0v) is 16.3. The molecule has 29 heavy (non-hydrogen) atoms. The van der Waals surface area contributed by atoms with E-state index in [1.165, 1.54) is 0 Å². The number of hydrogen-bond acceptors (Lipinski definition) is 6. The van der Waals surface area contributed by atoms with Crippen molar-refractivity contribution in [2.24, 2.45) is 5.73 Å². The lowest BCUT2D eigenvalue weighted by Crippen LogP contribution is -2.17. The summed E-state index contributed by atoms with van der Waals surface area (Å²) >= 11 is 0. The highest BCUT2D eigenvalue weighted by atomic mass is 32.2. The standard InChI is InChI=1S/C19H16N2O3.CH4O3S/c20-19(21)15-7-6-14-11-17(9-8-13(14)10-15)24-18(22)12-23-16-4-2-1-3-5-16;1-5(2,3)4/h1-11H,12H2,(H3,20,21);1H3,(H,2,3,4). The molecule has 0 saturated heterocycles. The van der Waals surface area contributed by atoms with Gasteiger partial charge in [0, 0.05) is 5.56 Å². The zero-order valence-electron chi connectivity index (χ0n) is 15.5. The predicted octanol–water partition coefficient (Wildman–Crippen LogP) is 2.61. The van der Waals surface area contributed by atoms with Gasteiger partial charge in [-0.05, 0) is 41.1 Å². The monoisotopic (exact) mass is 416 g/mol. The number of nitrogens with two attached hydrogens (primary N) is 1. The molecule has 0 fully saturated rings. The highest BCUT2D eigenvalue weighted by molar-refractivity contribution is 7.85. The van der Waals surface area contributed by atoms with E-state index >= 15 is 0 Å². The molecule has 0 amide bonds. The molecule has 0 bridgehead atoms. The Hall–Kier alpha value is -3.43. The van der Waals surface area contributed by atoms with Gasteiger partial charge in [-0.3, -0.25) is 9.96 Å². The van der Waals surface area contributed by atoms with Crippen molar-refractivity contribution < 1.29 is 27.2 Å². The van der Waals surface area contributed by atoms with E-state index in [1.807, 2.05) is 36.4 Å². The molecular weight excluding hydrogens is 396 g/mol. The van der Waals surface area contributed by atoms with Crippen LogP contribution < -0.4 is 15.2 Å². The van der Waals surface area contributed by atoms with Crippen LogP contribution in [0, 0.1) is 5.41 Å². The number of carbonyl (C=O) groups is 1. The minimum atomic E-state index is -3.67. The molecule has 0 heterocycles. The lowest BCUT2D eigenvalue weighted by molar-refractivity contribution is -0.136. The number of nitrogen functional groups attached to an aromatic ring is 1. The molecule has 3 aromatic carbocycles. The van der Waals surface area contributed by atoms with Gasteiger partial charge in [0.1, 0.15) is 17.3 Å². The highest BCUT2D eigenvalue weighted by Crippen LogP contribution is 2.22. The van der Waals surface area contributed by atoms with Crippen molar-refractivity contribution >= 4 is 32.7 Å². The van der Waals surface area contributed by atoms with Crippen LogP contribution in [0.25, 0.3) is 10.8 Å². The number of rotatable bonds is 5. The van der Waals surface area contributed by atoms with E-state index in [2.05, 4.69) is 0 Å². The number of esters is 1.